The molecule has 7 heteroatoms. The van der Waals surface area contributed by atoms with Gasteiger partial charge in [-0.3, -0.25) is 4.79 Å². The molecule has 0 saturated heterocycles. The van der Waals surface area contributed by atoms with Crippen molar-refractivity contribution in [1.29, 1.82) is 0 Å². The monoisotopic (exact) mass is 458 g/mol. The number of benzene rings is 3. The summed E-state index contributed by atoms with van der Waals surface area (Å²) in [6, 6.07) is 18.3. The van der Waals surface area contributed by atoms with E-state index in [1.54, 1.807) is 24.3 Å². The van der Waals surface area contributed by atoms with Crippen LogP contribution in [0.25, 0.3) is 0 Å². The minimum atomic E-state index is -0.271. The van der Waals surface area contributed by atoms with Crippen molar-refractivity contribution in [2.24, 2.45) is 0 Å². The second-order valence-electron chi connectivity index (χ2n) is 6.82. The summed E-state index contributed by atoms with van der Waals surface area (Å²) in [5.41, 5.74) is 3.65. The van der Waals surface area contributed by atoms with Gasteiger partial charge in [0.15, 0.2) is 18.1 Å². The number of carbonyl (C=O) groups is 1. The average molecular weight is 459 g/mol. The van der Waals surface area contributed by atoms with Gasteiger partial charge in [-0.25, -0.2) is 0 Å². The Bertz CT molecular complexity index is 1040. The van der Waals surface area contributed by atoms with Gasteiger partial charge in [0.2, 0.25) is 0 Å². The standard InChI is InChI=1S/C24H24Cl2N2O3/c1-3-30-23-13-17(14-27-21-6-4-5-20(26)16(21)2)7-12-22(23)31-15-24(29)28-19-10-8-18(25)9-11-19/h4-13,27H,3,14-15H2,1-2H3,(H,28,29). The van der Waals surface area contributed by atoms with Crippen LogP contribution in [0.5, 0.6) is 11.5 Å². The van der Waals surface area contributed by atoms with Gasteiger partial charge in [-0.1, -0.05) is 35.3 Å². The van der Waals surface area contributed by atoms with Gasteiger partial charge in [-0.05, 0) is 73.5 Å². The Morgan fingerprint density at radius 2 is 1.74 bits per heavy atom. The second kappa shape index (κ2) is 10.9. The Labute approximate surface area is 192 Å². The van der Waals surface area contributed by atoms with Crippen LogP contribution in [0.3, 0.4) is 0 Å². The zero-order chi connectivity index (χ0) is 22.2. The smallest absolute Gasteiger partial charge is 0.262 e. The summed E-state index contributed by atoms with van der Waals surface area (Å²) in [4.78, 5) is 12.2. The second-order valence-corrected chi connectivity index (χ2v) is 7.67. The third-order valence-corrected chi connectivity index (χ3v) is 5.21. The molecule has 5 nitrogen and oxygen atoms in total. The number of rotatable bonds is 9. The zero-order valence-electron chi connectivity index (χ0n) is 17.4. The first kappa shape index (κ1) is 22.8. The fourth-order valence-corrected chi connectivity index (χ4v) is 3.22. The van der Waals surface area contributed by atoms with Crippen molar-refractivity contribution in [1.82, 2.24) is 0 Å². The van der Waals surface area contributed by atoms with Crippen LogP contribution in [0.2, 0.25) is 10.0 Å². The highest BCUT2D eigenvalue weighted by atomic mass is 35.5. The number of hydrogen-bond acceptors (Lipinski definition) is 4. The molecular formula is C24H24Cl2N2O3. The predicted octanol–water partition coefficient (Wildman–Crippen LogP) is 6.33. The summed E-state index contributed by atoms with van der Waals surface area (Å²) in [6.45, 7) is 4.82. The van der Waals surface area contributed by atoms with Gasteiger partial charge >= 0.3 is 0 Å². The van der Waals surface area contributed by atoms with Gasteiger partial charge in [0.05, 0.1) is 6.61 Å². The molecule has 0 atom stereocenters. The highest BCUT2D eigenvalue weighted by Gasteiger charge is 2.10. The van der Waals surface area contributed by atoms with E-state index in [2.05, 4.69) is 10.6 Å². The topological polar surface area (TPSA) is 59.6 Å². The summed E-state index contributed by atoms with van der Waals surface area (Å²) in [5.74, 6) is 0.826. The molecule has 3 rings (SSSR count). The largest absolute Gasteiger partial charge is 0.490 e. The molecule has 0 fully saturated rings. The maximum atomic E-state index is 12.2. The van der Waals surface area contributed by atoms with E-state index in [4.69, 9.17) is 32.7 Å². The SMILES string of the molecule is CCOc1cc(CNc2cccc(Cl)c2C)ccc1OCC(=O)Nc1ccc(Cl)cc1. The molecule has 3 aromatic carbocycles. The van der Waals surface area contributed by atoms with E-state index in [1.165, 1.54) is 0 Å². The molecule has 0 aliphatic carbocycles. The first-order valence-corrected chi connectivity index (χ1v) is 10.6. The maximum absolute atomic E-state index is 12.2. The lowest BCUT2D eigenvalue weighted by Crippen LogP contribution is -2.20. The number of nitrogens with one attached hydrogen (secondary N) is 2. The molecule has 0 spiro atoms. The molecule has 1 amide bonds. The van der Waals surface area contributed by atoms with Crippen LogP contribution in [0.1, 0.15) is 18.1 Å². The van der Waals surface area contributed by atoms with Crippen molar-refractivity contribution in [3.63, 3.8) is 0 Å². The molecule has 31 heavy (non-hydrogen) atoms. The molecule has 0 aromatic heterocycles. The highest BCUT2D eigenvalue weighted by molar-refractivity contribution is 6.31. The van der Waals surface area contributed by atoms with E-state index in [1.807, 2.05) is 50.2 Å². The Kier molecular flexibility index (Phi) is 8.04. The summed E-state index contributed by atoms with van der Waals surface area (Å²) in [7, 11) is 0. The van der Waals surface area contributed by atoms with Gasteiger partial charge in [0, 0.05) is 28.0 Å². The fourth-order valence-electron chi connectivity index (χ4n) is 2.92. The lowest BCUT2D eigenvalue weighted by Gasteiger charge is -2.15. The summed E-state index contributed by atoms with van der Waals surface area (Å²) < 4.78 is 11.4. The van der Waals surface area contributed by atoms with E-state index in [-0.39, 0.29) is 12.5 Å². The van der Waals surface area contributed by atoms with Gasteiger partial charge in [-0.15, -0.1) is 0 Å². The zero-order valence-corrected chi connectivity index (χ0v) is 18.9. The van der Waals surface area contributed by atoms with Crippen LogP contribution in [0.15, 0.2) is 60.7 Å². The molecule has 0 radical (unpaired) electrons. The van der Waals surface area contributed by atoms with E-state index in [0.29, 0.717) is 35.4 Å². The maximum Gasteiger partial charge on any atom is 0.262 e. The molecule has 0 aliphatic rings. The van der Waals surface area contributed by atoms with E-state index < -0.39 is 0 Å². The Morgan fingerprint density at radius 1 is 0.968 bits per heavy atom. The summed E-state index contributed by atoms with van der Waals surface area (Å²) >= 11 is 12.0. The van der Waals surface area contributed by atoms with Gasteiger partial charge in [0.25, 0.3) is 5.91 Å². The van der Waals surface area contributed by atoms with Crippen molar-refractivity contribution >= 4 is 40.5 Å². The molecule has 0 heterocycles. The molecule has 2 N–H and O–H groups in total. The van der Waals surface area contributed by atoms with E-state index in [0.717, 1.165) is 21.8 Å². The number of amides is 1. The average Bonchev–Trinajstić information content (AvgIpc) is 2.76. The van der Waals surface area contributed by atoms with Gasteiger partial charge in [0.1, 0.15) is 0 Å². The molecule has 0 aliphatic heterocycles. The Morgan fingerprint density at radius 3 is 2.48 bits per heavy atom. The number of anilines is 2. The number of halogens is 2. The molecule has 0 unspecified atom stereocenters. The quantitative estimate of drug-likeness (QED) is 0.393. The highest BCUT2D eigenvalue weighted by Crippen LogP contribution is 2.30. The van der Waals surface area contributed by atoms with Crippen LogP contribution in [0, 0.1) is 6.92 Å². The minimum absolute atomic E-state index is 0.137. The normalized spacial score (nSPS) is 10.5. The number of hydrogen-bond donors (Lipinski definition) is 2. The first-order chi connectivity index (χ1) is 15.0. The molecule has 0 saturated carbocycles. The molecule has 162 valence electrons. The minimum Gasteiger partial charge on any atom is -0.490 e. The van der Waals surface area contributed by atoms with E-state index in [9.17, 15) is 4.79 Å². The molecule has 0 bridgehead atoms. The van der Waals surface area contributed by atoms with Crippen molar-refractivity contribution in [2.45, 2.75) is 20.4 Å². The number of carbonyl (C=O) groups excluding carboxylic acids is 1. The van der Waals surface area contributed by atoms with Crippen molar-refractivity contribution in [2.75, 3.05) is 23.8 Å². The lowest BCUT2D eigenvalue weighted by molar-refractivity contribution is -0.118. The van der Waals surface area contributed by atoms with Gasteiger partial charge < -0.3 is 20.1 Å². The Hall–Kier alpha value is -2.89. The summed E-state index contributed by atoms with van der Waals surface area (Å²) in [5, 5.41) is 7.48. The van der Waals surface area contributed by atoms with Crippen LogP contribution in [-0.4, -0.2) is 19.1 Å². The van der Waals surface area contributed by atoms with Crippen LogP contribution in [-0.2, 0) is 11.3 Å². The first-order valence-electron chi connectivity index (χ1n) is 9.89. The number of ether oxygens (including phenoxy) is 2. The lowest BCUT2D eigenvalue weighted by atomic mass is 10.1. The third kappa shape index (κ3) is 6.54. The van der Waals surface area contributed by atoms with Crippen LogP contribution < -0.4 is 20.1 Å². The van der Waals surface area contributed by atoms with Crippen molar-refractivity contribution < 1.29 is 14.3 Å². The van der Waals surface area contributed by atoms with Crippen molar-refractivity contribution in [3.05, 3.63) is 81.8 Å². The fraction of sp³-hybridized carbons (Fsp3) is 0.208. The van der Waals surface area contributed by atoms with Crippen molar-refractivity contribution in [3.8, 4) is 11.5 Å². The van der Waals surface area contributed by atoms with Crippen LogP contribution >= 0.6 is 23.2 Å². The Balaban J connectivity index is 1.62. The predicted molar refractivity (Wildman–Crippen MR) is 127 cm³/mol. The summed E-state index contributed by atoms with van der Waals surface area (Å²) in [6.07, 6.45) is 0. The molecule has 3 aromatic rings. The molecular weight excluding hydrogens is 435 g/mol. The van der Waals surface area contributed by atoms with E-state index >= 15 is 0 Å². The van der Waals surface area contributed by atoms with Crippen LogP contribution in [0.4, 0.5) is 11.4 Å². The third-order valence-electron chi connectivity index (χ3n) is 4.55. The van der Waals surface area contributed by atoms with Gasteiger partial charge in [-0.2, -0.15) is 0 Å².